The van der Waals surface area contributed by atoms with Crippen molar-refractivity contribution in [2.24, 2.45) is 0 Å². The van der Waals surface area contributed by atoms with Crippen molar-refractivity contribution >= 4 is 11.9 Å². The Kier molecular flexibility index (Phi) is 5.93. The van der Waals surface area contributed by atoms with Crippen molar-refractivity contribution in [3.8, 4) is 0 Å². The van der Waals surface area contributed by atoms with Gasteiger partial charge in [0.2, 0.25) is 0 Å². The second-order valence-corrected chi connectivity index (χ2v) is 3.97. The van der Waals surface area contributed by atoms with Crippen LogP contribution >= 0.6 is 0 Å². The average molecular weight is 218 g/mol. The molecule has 15 heavy (non-hydrogen) atoms. The number of esters is 2. The number of hydrogen-bond donors (Lipinski definition) is 0. The lowest BCUT2D eigenvalue weighted by Crippen LogP contribution is -2.24. The minimum absolute atomic E-state index is 0.133. The van der Waals surface area contributed by atoms with Crippen LogP contribution in [-0.4, -0.2) is 37.9 Å². The molecule has 0 radical (unpaired) electrons. The van der Waals surface area contributed by atoms with Crippen LogP contribution in [0.4, 0.5) is 0 Å². The fourth-order valence-corrected chi connectivity index (χ4v) is 0.762. The molecule has 0 fully saturated rings. The molecule has 0 atom stereocenters. The van der Waals surface area contributed by atoms with Gasteiger partial charge in [-0.1, -0.05) is 0 Å². The summed E-state index contributed by atoms with van der Waals surface area (Å²) in [6.07, 6.45) is 0.133. The van der Waals surface area contributed by atoms with Crippen molar-refractivity contribution in [1.82, 2.24) is 0 Å². The molecule has 0 saturated heterocycles. The molecule has 0 spiro atoms. The van der Waals surface area contributed by atoms with E-state index in [9.17, 15) is 9.59 Å². The van der Waals surface area contributed by atoms with Gasteiger partial charge in [0.15, 0.2) is 0 Å². The molecule has 5 heteroatoms. The molecule has 0 unspecified atom stereocenters. The molecule has 0 heterocycles. The number of hydrogen-bond acceptors (Lipinski definition) is 5. The molecule has 5 nitrogen and oxygen atoms in total. The Balaban J connectivity index is 3.52. The smallest absolute Gasteiger partial charge is 0.331 e. The minimum atomic E-state index is -0.487. The molecule has 0 aliphatic rings. The van der Waals surface area contributed by atoms with E-state index in [1.807, 2.05) is 0 Å². The van der Waals surface area contributed by atoms with Crippen LogP contribution in [0.25, 0.3) is 0 Å². The minimum Gasteiger partial charge on any atom is -0.467 e. The number of carbonyl (C=O) groups is 2. The van der Waals surface area contributed by atoms with Gasteiger partial charge < -0.3 is 14.2 Å². The maximum absolute atomic E-state index is 11.2. The molecular formula is C10H18O5. The highest BCUT2D eigenvalue weighted by atomic mass is 16.6. The summed E-state index contributed by atoms with van der Waals surface area (Å²) >= 11 is 0. The van der Waals surface area contributed by atoms with Gasteiger partial charge in [0.1, 0.15) is 12.2 Å². The molecule has 0 saturated carbocycles. The molecule has 0 bridgehead atoms. The van der Waals surface area contributed by atoms with E-state index in [1.54, 1.807) is 20.8 Å². The van der Waals surface area contributed by atoms with E-state index in [0.717, 1.165) is 0 Å². The number of carbonyl (C=O) groups excluding carboxylic acids is 2. The van der Waals surface area contributed by atoms with Gasteiger partial charge in [0, 0.05) is 0 Å². The third-order valence-corrected chi connectivity index (χ3v) is 1.32. The Bertz CT molecular complexity index is 216. The maximum Gasteiger partial charge on any atom is 0.331 e. The van der Waals surface area contributed by atoms with Gasteiger partial charge in [-0.15, -0.1) is 0 Å². The largest absolute Gasteiger partial charge is 0.467 e. The normalized spacial score (nSPS) is 10.9. The van der Waals surface area contributed by atoms with Gasteiger partial charge in [-0.2, -0.15) is 0 Å². The van der Waals surface area contributed by atoms with E-state index >= 15 is 0 Å². The van der Waals surface area contributed by atoms with Crippen molar-refractivity contribution in [1.29, 1.82) is 0 Å². The molecule has 0 aromatic heterocycles. The first-order valence-electron chi connectivity index (χ1n) is 4.71. The van der Waals surface area contributed by atoms with E-state index in [1.165, 1.54) is 7.11 Å². The second-order valence-electron chi connectivity index (χ2n) is 3.97. The molecule has 0 aliphatic heterocycles. The van der Waals surface area contributed by atoms with E-state index in [2.05, 4.69) is 4.74 Å². The summed E-state index contributed by atoms with van der Waals surface area (Å²) in [7, 11) is 1.28. The highest BCUT2D eigenvalue weighted by molar-refractivity contribution is 5.71. The zero-order chi connectivity index (χ0) is 11.9. The molecule has 0 rings (SSSR count). The van der Waals surface area contributed by atoms with E-state index < -0.39 is 11.6 Å². The lowest BCUT2D eigenvalue weighted by molar-refractivity contribution is -0.157. The fourth-order valence-electron chi connectivity index (χ4n) is 0.762. The van der Waals surface area contributed by atoms with Crippen LogP contribution in [0.2, 0.25) is 0 Å². The number of rotatable bonds is 5. The summed E-state index contributed by atoms with van der Waals surface area (Å²) in [5, 5.41) is 0. The maximum atomic E-state index is 11.2. The van der Waals surface area contributed by atoms with E-state index in [-0.39, 0.29) is 25.6 Å². The topological polar surface area (TPSA) is 61.8 Å². The van der Waals surface area contributed by atoms with Crippen LogP contribution in [0.1, 0.15) is 27.2 Å². The Morgan fingerprint density at radius 3 is 2.20 bits per heavy atom. The SMILES string of the molecule is COC(=O)COCCC(=O)OC(C)(C)C. The van der Waals surface area contributed by atoms with Gasteiger partial charge in [0.25, 0.3) is 0 Å². The van der Waals surface area contributed by atoms with Crippen molar-refractivity contribution in [3.63, 3.8) is 0 Å². The standard InChI is InChI=1S/C10H18O5/c1-10(2,3)15-8(11)5-6-14-7-9(12)13-4/h5-7H2,1-4H3. The van der Waals surface area contributed by atoms with Crippen molar-refractivity contribution in [2.75, 3.05) is 20.3 Å². The summed E-state index contributed by atoms with van der Waals surface area (Å²) in [6.45, 7) is 5.39. The quantitative estimate of drug-likeness (QED) is 0.507. The van der Waals surface area contributed by atoms with Crippen molar-refractivity contribution in [2.45, 2.75) is 32.8 Å². The summed E-state index contributed by atoms with van der Waals surface area (Å²) in [5.41, 5.74) is -0.487. The molecule has 0 aromatic rings. The van der Waals surface area contributed by atoms with Crippen LogP contribution < -0.4 is 0 Å². The van der Waals surface area contributed by atoms with Crippen LogP contribution in [0.3, 0.4) is 0 Å². The number of ether oxygens (including phenoxy) is 3. The highest BCUT2D eigenvalue weighted by Gasteiger charge is 2.15. The third kappa shape index (κ3) is 9.21. The molecule has 0 aliphatic carbocycles. The Morgan fingerprint density at radius 2 is 1.73 bits per heavy atom. The van der Waals surface area contributed by atoms with Crippen molar-refractivity contribution < 1.29 is 23.8 Å². The molecule has 0 aromatic carbocycles. The van der Waals surface area contributed by atoms with Crippen molar-refractivity contribution in [3.05, 3.63) is 0 Å². The first-order chi connectivity index (χ1) is 6.85. The first kappa shape index (κ1) is 13.9. The van der Waals surface area contributed by atoms with Gasteiger partial charge in [-0.3, -0.25) is 4.79 Å². The monoisotopic (exact) mass is 218 g/mol. The van der Waals surface area contributed by atoms with E-state index in [4.69, 9.17) is 9.47 Å². The molecule has 0 amide bonds. The summed E-state index contributed by atoms with van der Waals surface area (Å²) < 4.78 is 14.3. The lowest BCUT2D eigenvalue weighted by Gasteiger charge is -2.19. The molecule has 0 N–H and O–H groups in total. The highest BCUT2D eigenvalue weighted by Crippen LogP contribution is 2.07. The zero-order valence-electron chi connectivity index (χ0n) is 9.66. The summed E-state index contributed by atoms with van der Waals surface area (Å²) in [6, 6.07) is 0. The second kappa shape index (κ2) is 6.40. The number of methoxy groups -OCH3 is 1. The predicted molar refractivity (Wildman–Crippen MR) is 53.3 cm³/mol. The zero-order valence-corrected chi connectivity index (χ0v) is 9.66. The summed E-state index contributed by atoms with van der Waals surface area (Å²) in [4.78, 5) is 21.8. The van der Waals surface area contributed by atoms with E-state index in [0.29, 0.717) is 0 Å². The Labute approximate surface area is 89.7 Å². The Morgan fingerprint density at radius 1 is 1.13 bits per heavy atom. The van der Waals surface area contributed by atoms with Gasteiger partial charge in [0.05, 0.1) is 20.1 Å². The fraction of sp³-hybridized carbons (Fsp3) is 0.800. The van der Waals surface area contributed by atoms with Gasteiger partial charge >= 0.3 is 11.9 Å². The summed E-state index contributed by atoms with van der Waals surface area (Å²) in [5.74, 6) is -0.799. The van der Waals surface area contributed by atoms with Crippen LogP contribution in [0.5, 0.6) is 0 Å². The van der Waals surface area contributed by atoms with Crippen LogP contribution in [0, 0.1) is 0 Å². The van der Waals surface area contributed by atoms with Crippen LogP contribution in [-0.2, 0) is 23.8 Å². The molecule has 88 valence electrons. The third-order valence-electron chi connectivity index (χ3n) is 1.32. The molecular weight excluding hydrogens is 200 g/mol. The predicted octanol–water partition coefficient (Wildman–Crippen LogP) is 0.908. The average Bonchev–Trinajstić information content (AvgIpc) is 2.09. The van der Waals surface area contributed by atoms with Gasteiger partial charge in [-0.25, -0.2) is 4.79 Å². The first-order valence-corrected chi connectivity index (χ1v) is 4.71. The Hall–Kier alpha value is -1.10. The van der Waals surface area contributed by atoms with Crippen LogP contribution in [0.15, 0.2) is 0 Å². The van der Waals surface area contributed by atoms with Gasteiger partial charge in [-0.05, 0) is 20.8 Å². The lowest BCUT2D eigenvalue weighted by atomic mass is 10.2.